The lowest BCUT2D eigenvalue weighted by Crippen LogP contribution is -2.22. The van der Waals surface area contributed by atoms with Gasteiger partial charge in [-0.15, -0.1) is 0 Å². The van der Waals surface area contributed by atoms with Crippen LogP contribution in [-0.2, 0) is 16.6 Å². The number of nitrogens with one attached hydrogen (secondary N) is 2. The molecule has 0 aliphatic heterocycles. The van der Waals surface area contributed by atoms with Crippen LogP contribution in [0, 0.1) is 5.82 Å². The highest BCUT2D eigenvalue weighted by molar-refractivity contribution is 7.89. The molecule has 0 bridgehead atoms. The molecule has 17 heavy (non-hydrogen) atoms. The van der Waals surface area contributed by atoms with Gasteiger partial charge in [-0.05, 0) is 24.7 Å². The van der Waals surface area contributed by atoms with Crippen molar-refractivity contribution >= 4 is 10.0 Å². The Bertz CT molecular complexity index is 486. The number of hydrogen-bond donors (Lipinski definition) is 2. The average molecular weight is 260 g/mol. The van der Waals surface area contributed by atoms with Crippen molar-refractivity contribution in [2.24, 2.45) is 0 Å². The van der Waals surface area contributed by atoms with Crippen molar-refractivity contribution in [2.45, 2.75) is 31.3 Å². The van der Waals surface area contributed by atoms with Gasteiger partial charge in [0.2, 0.25) is 10.0 Å². The van der Waals surface area contributed by atoms with E-state index in [2.05, 4.69) is 10.0 Å². The lowest BCUT2D eigenvalue weighted by Gasteiger charge is -2.09. The third kappa shape index (κ3) is 3.76. The molecule has 6 heteroatoms. The highest BCUT2D eigenvalue weighted by Crippen LogP contribution is 2.15. The second-order valence-electron chi connectivity index (χ2n) is 4.01. The standard InChI is InChI=1S/C11H17FN2O2S/c1-8(2)14-7-9-4-5-11(10(12)6-9)17(15,16)13-3/h4-6,8,13-14H,7H2,1-3H3. The molecule has 0 amide bonds. The Kier molecular flexibility index (Phi) is 4.62. The topological polar surface area (TPSA) is 58.2 Å². The summed E-state index contributed by atoms with van der Waals surface area (Å²) in [5.74, 6) is -0.734. The van der Waals surface area contributed by atoms with Gasteiger partial charge in [0.1, 0.15) is 10.7 Å². The summed E-state index contributed by atoms with van der Waals surface area (Å²) in [5.41, 5.74) is 0.714. The van der Waals surface area contributed by atoms with Crippen LogP contribution in [-0.4, -0.2) is 21.5 Å². The molecule has 4 nitrogen and oxygen atoms in total. The molecule has 1 rings (SSSR count). The first kappa shape index (κ1) is 14.1. The van der Waals surface area contributed by atoms with Gasteiger partial charge in [-0.1, -0.05) is 19.9 Å². The van der Waals surface area contributed by atoms with E-state index in [1.54, 1.807) is 6.07 Å². The Balaban J connectivity index is 2.95. The Hall–Kier alpha value is -0.980. The lowest BCUT2D eigenvalue weighted by atomic mass is 10.2. The summed E-state index contributed by atoms with van der Waals surface area (Å²) in [5, 5.41) is 3.13. The van der Waals surface area contributed by atoms with Gasteiger partial charge in [-0.25, -0.2) is 17.5 Å². The van der Waals surface area contributed by atoms with E-state index in [4.69, 9.17) is 0 Å². The van der Waals surface area contributed by atoms with Gasteiger partial charge in [0.15, 0.2) is 0 Å². The minimum Gasteiger partial charge on any atom is -0.310 e. The van der Waals surface area contributed by atoms with Crippen LogP contribution < -0.4 is 10.0 Å². The van der Waals surface area contributed by atoms with Gasteiger partial charge >= 0.3 is 0 Å². The Morgan fingerprint density at radius 1 is 1.35 bits per heavy atom. The summed E-state index contributed by atoms with van der Waals surface area (Å²) >= 11 is 0. The molecular weight excluding hydrogens is 243 g/mol. The number of halogens is 1. The summed E-state index contributed by atoms with van der Waals surface area (Å²) in [6, 6.07) is 4.40. The monoisotopic (exact) mass is 260 g/mol. The zero-order valence-electron chi connectivity index (χ0n) is 10.1. The van der Waals surface area contributed by atoms with E-state index in [1.165, 1.54) is 19.2 Å². The maximum atomic E-state index is 13.6. The van der Waals surface area contributed by atoms with E-state index >= 15 is 0 Å². The maximum absolute atomic E-state index is 13.6. The van der Waals surface area contributed by atoms with E-state index in [0.717, 1.165) is 0 Å². The Morgan fingerprint density at radius 2 is 2.00 bits per heavy atom. The number of sulfonamides is 1. The van der Waals surface area contributed by atoms with Crippen molar-refractivity contribution in [1.29, 1.82) is 0 Å². The molecule has 0 unspecified atom stereocenters. The lowest BCUT2D eigenvalue weighted by molar-refractivity contribution is 0.554. The van der Waals surface area contributed by atoms with E-state index in [1.807, 2.05) is 13.8 Å². The first-order valence-corrected chi connectivity index (χ1v) is 6.80. The smallest absolute Gasteiger partial charge is 0.243 e. The molecule has 0 fully saturated rings. The minimum absolute atomic E-state index is 0.291. The highest BCUT2D eigenvalue weighted by Gasteiger charge is 2.16. The van der Waals surface area contributed by atoms with Gasteiger partial charge in [-0.2, -0.15) is 0 Å². The fourth-order valence-electron chi connectivity index (χ4n) is 1.30. The SMILES string of the molecule is CNS(=O)(=O)c1ccc(CNC(C)C)cc1F. The summed E-state index contributed by atoms with van der Waals surface area (Å²) in [6.07, 6.45) is 0. The van der Waals surface area contributed by atoms with Crippen LogP contribution >= 0.6 is 0 Å². The maximum Gasteiger partial charge on any atom is 0.243 e. The molecule has 0 aliphatic rings. The second kappa shape index (κ2) is 5.57. The van der Waals surface area contributed by atoms with Crippen molar-refractivity contribution in [3.8, 4) is 0 Å². The molecule has 0 saturated carbocycles. The number of benzene rings is 1. The molecule has 0 spiro atoms. The first-order valence-electron chi connectivity index (χ1n) is 5.32. The van der Waals surface area contributed by atoms with Crippen LogP contribution in [0.3, 0.4) is 0 Å². The molecular formula is C11H17FN2O2S. The van der Waals surface area contributed by atoms with E-state index in [0.29, 0.717) is 18.2 Å². The third-order valence-electron chi connectivity index (χ3n) is 2.27. The Labute approximate surface area is 101 Å². The van der Waals surface area contributed by atoms with Crippen molar-refractivity contribution < 1.29 is 12.8 Å². The summed E-state index contributed by atoms with van der Waals surface area (Å²) in [4.78, 5) is -0.326. The van der Waals surface area contributed by atoms with E-state index < -0.39 is 15.8 Å². The quantitative estimate of drug-likeness (QED) is 0.837. The molecule has 2 N–H and O–H groups in total. The summed E-state index contributed by atoms with van der Waals surface area (Å²) in [7, 11) is -2.47. The first-order chi connectivity index (χ1) is 7.86. The summed E-state index contributed by atoms with van der Waals surface area (Å²) in [6.45, 7) is 4.47. The second-order valence-corrected chi connectivity index (χ2v) is 5.86. The molecule has 0 heterocycles. The van der Waals surface area contributed by atoms with Crippen LogP contribution in [0.15, 0.2) is 23.1 Å². The van der Waals surface area contributed by atoms with Crippen molar-refractivity contribution in [2.75, 3.05) is 7.05 Å². The van der Waals surface area contributed by atoms with Crippen molar-refractivity contribution in [3.05, 3.63) is 29.6 Å². The summed E-state index contributed by atoms with van der Waals surface area (Å²) < 4.78 is 38.6. The fourth-order valence-corrected chi connectivity index (χ4v) is 2.09. The van der Waals surface area contributed by atoms with Crippen LogP contribution in [0.4, 0.5) is 4.39 Å². The Morgan fingerprint density at radius 3 is 2.47 bits per heavy atom. The van der Waals surface area contributed by atoms with E-state index in [-0.39, 0.29) is 4.90 Å². The fraction of sp³-hybridized carbons (Fsp3) is 0.455. The predicted octanol–water partition coefficient (Wildman–Crippen LogP) is 1.23. The molecule has 96 valence electrons. The highest BCUT2D eigenvalue weighted by atomic mass is 32.2. The minimum atomic E-state index is -3.72. The zero-order valence-corrected chi connectivity index (χ0v) is 10.9. The molecule has 0 aliphatic carbocycles. The van der Waals surface area contributed by atoms with Crippen LogP contribution in [0.5, 0.6) is 0 Å². The van der Waals surface area contributed by atoms with Gasteiger partial charge in [0.05, 0.1) is 0 Å². The molecule has 0 atom stereocenters. The van der Waals surface area contributed by atoms with Gasteiger partial charge in [-0.3, -0.25) is 0 Å². The van der Waals surface area contributed by atoms with Crippen LogP contribution in [0.2, 0.25) is 0 Å². The number of rotatable bonds is 5. The largest absolute Gasteiger partial charge is 0.310 e. The third-order valence-corrected chi connectivity index (χ3v) is 3.72. The van der Waals surface area contributed by atoms with Crippen LogP contribution in [0.1, 0.15) is 19.4 Å². The molecule has 0 saturated heterocycles. The van der Waals surface area contributed by atoms with Crippen molar-refractivity contribution in [1.82, 2.24) is 10.0 Å². The van der Waals surface area contributed by atoms with Crippen LogP contribution in [0.25, 0.3) is 0 Å². The van der Waals surface area contributed by atoms with Gasteiger partial charge < -0.3 is 5.32 Å². The van der Waals surface area contributed by atoms with Gasteiger partial charge in [0.25, 0.3) is 0 Å². The van der Waals surface area contributed by atoms with Gasteiger partial charge in [0, 0.05) is 12.6 Å². The zero-order chi connectivity index (χ0) is 13.1. The average Bonchev–Trinajstić information content (AvgIpc) is 2.26. The predicted molar refractivity (Wildman–Crippen MR) is 64.6 cm³/mol. The number of hydrogen-bond acceptors (Lipinski definition) is 3. The molecule has 1 aromatic rings. The molecule has 1 aromatic carbocycles. The molecule has 0 radical (unpaired) electrons. The van der Waals surface area contributed by atoms with Crippen molar-refractivity contribution in [3.63, 3.8) is 0 Å². The van der Waals surface area contributed by atoms with E-state index in [9.17, 15) is 12.8 Å². The normalized spacial score (nSPS) is 12.1. The molecule has 0 aromatic heterocycles.